The number of carbonyl (C=O) groups is 1. The Morgan fingerprint density at radius 3 is 2.91 bits per heavy atom. The van der Waals surface area contributed by atoms with Gasteiger partial charge >= 0.3 is 0 Å². The zero-order valence-corrected chi connectivity index (χ0v) is 12.0. The van der Waals surface area contributed by atoms with E-state index in [1.807, 2.05) is 30.3 Å². The van der Waals surface area contributed by atoms with Gasteiger partial charge in [0.15, 0.2) is 0 Å². The van der Waals surface area contributed by atoms with E-state index in [0.29, 0.717) is 6.61 Å². The summed E-state index contributed by atoms with van der Waals surface area (Å²) in [6.07, 6.45) is 2.00. The van der Waals surface area contributed by atoms with Gasteiger partial charge in [0.05, 0.1) is 6.61 Å². The van der Waals surface area contributed by atoms with Gasteiger partial charge < -0.3 is 14.8 Å². The van der Waals surface area contributed by atoms with Crippen LogP contribution in [0, 0.1) is 0 Å². The second kappa shape index (κ2) is 4.03. The largest absolute Gasteiger partial charge is 0.493 e. The molecule has 22 heavy (non-hydrogen) atoms. The minimum Gasteiger partial charge on any atom is -0.493 e. The fraction of sp³-hybridized carbons (Fsp3) is 0.278. The molecule has 1 unspecified atom stereocenters. The van der Waals surface area contributed by atoms with Crippen molar-refractivity contribution in [3.05, 3.63) is 53.1 Å². The van der Waals surface area contributed by atoms with Crippen molar-refractivity contribution >= 4 is 11.6 Å². The molecule has 4 heteroatoms. The monoisotopic (exact) mass is 293 g/mol. The Kier molecular flexibility index (Phi) is 2.22. The summed E-state index contributed by atoms with van der Waals surface area (Å²) in [5.41, 5.74) is 3.33. The van der Waals surface area contributed by atoms with E-state index in [9.17, 15) is 4.79 Å². The van der Waals surface area contributed by atoms with Gasteiger partial charge in [-0.2, -0.15) is 0 Å². The molecular weight excluding hydrogens is 278 g/mol. The number of para-hydroxylation sites is 1. The van der Waals surface area contributed by atoms with Crippen LogP contribution in [0.4, 0.5) is 5.69 Å². The fourth-order valence-electron chi connectivity index (χ4n) is 3.82. The average Bonchev–Trinajstić information content (AvgIpc) is 3.06. The zero-order chi connectivity index (χ0) is 14.7. The molecule has 0 fully saturated rings. The number of aryl methyl sites for hydroxylation is 1. The average molecular weight is 293 g/mol. The number of benzene rings is 2. The third-order valence-corrected chi connectivity index (χ3v) is 4.94. The lowest BCUT2D eigenvalue weighted by molar-refractivity contribution is -0.119. The maximum Gasteiger partial charge on any atom is 0.243 e. The standard InChI is InChI=1S/C18H15NO3/c20-17-18(12-5-1-2-6-14(12)19-17)10-22-16-9-15-11(8-13(16)18)4-3-7-21-15/h1-2,5-6,8-9H,3-4,7,10H2,(H,19,20). The normalized spacial score (nSPS) is 24.1. The van der Waals surface area contributed by atoms with E-state index in [4.69, 9.17) is 9.47 Å². The van der Waals surface area contributed by atoms with E-state index in [1.54, 1.807) is 0 Å². The van der Waals surface area contributed by atoms with Gasteiger partial charge in [0.25, 0.3) is 0 Å². The maximum absolute atomic E-state index is 12.8. The Labute approximate surface area is 128 Å². The lowest BCUT2D eigenvalue weighted by Crippen LogP contribution is -2.37. The number of hydrogen-bond donors (Lipinski definition) is 1. The highest BCUT2D eigenvalue weighted by molar-refractivity contribution is 6.09. The molecule has 2 aromatic carbocycles. The molecule has 0 radical (unpaired) electrons. The highest BCUT2D eigenvalue weighted by Crippen LogP contribution is 2.51. The second-order valence-corrected chi connectivity index (χ2v) is 6.10. The van der Waals surface area contributed by atoms with Crippen LogP contribution >= 0.6 is 0 Å². The van der Waals surface area contributed by atoms with Crippen molar-refractivity contribution in [3.8, 4) is 11.5 Å². The highest BCUT2D eigenvalue weighted by Gasteiger charge is 2.54. The van der Waals surface area contributed by atoms with Crippen LogP contribution in [0.15, 0.2) is 36.4 Å². The molecule has 3 heterocycles. The molecule has 0 saturated heterocycles. The predicted octanol–water partition coefficient (Wildman–Crippen LogP) is 2.64. The molecule has 0 bridgehead atoms. The molecule has 5 rings (SSSR count). The molecule has 3 aliphatic heterocycles. The summed E-state index contributed by atoms with van der Waals surface area (Å²) in [6.45, 7) is 1.11. The number of ether oxygens (including phenoxy) is 2. The van der Waals surface area contributed by atoms with Crippen molar-refractivity contribution in [1.82, 2.24) is 0 Å². The van der Waals surface area contributed by atoms with Crippen LogP contribution in [-0.2, 0) is 16.6 Å². The molecule has 2 aromatic rings. The van der Waals surface area contributed by atoms with Crippen molar-refractivity contribution in [2.45, 2.75) is 18.3 Å². The summed E-state index contributed by atoms with van der Waals surface area (Å²) >= 11 is 0. The molecular formula is C18H15NO3. The van der Waals surface area contributed by atoms with Gasteiger partial charge in [0.2, 0.25) is 5.91 Å². The summed E-state index contributed by atoms with van der Waals surface area (Å²) in [6, 6.07) is 11.9. The first kappa shape index (κ1) is 12.1. The molecule has 1 spiro atoms. The van der Waals surface area contributed by atoms with Gasteiger partial charge in [-0.15, -0.1) is 0 Å². The van der Waals surface area contributed by atoms with E-state index in [1.165, 1.54) is 5.56 Å². The molecule has 0 saturated carbocycles. The first-order chi connectivity index (χ1) is 10.8. The molecule has 1 atom stereocenters. The Morgan fingerprint density at radius 1 is 1.05 bits per heavy atom. The first-order valence-corrected chi connectivity index (χ1v) is 7.63. The SMILES string of the molecule is O=C1Nc2ccccc2C12COc1cc3c(cc12)CCCO3. The van der Waals surface area contributed by atoms with E-state index in [2.05, 4.69) is 11.4 Å². The molecule has 1 N–H and O–H groups in total. The second-order valence-electron chi connectivity index (χ2n) is 6.10. The summed E-state index contributed by atoms with van der Waals surface area (Å²) in [5.74, 6) is 1.67. The first-order valence-electron chi connectivity index (χ1n) is 7.63. The van der Waals surface area contributed by atoms with Gasteiger partial charge in [-0.05, 0) is 36.1 Å². The Hall–Kier alpha value is -2.49. The van der Waals surface area contributed by atoms with Gasteiger partial charge in [-0.1, -0.05) is 18.2 Å². The number of rotatable bonds is 0. The third kappa shape index (κ3) is 1.35. The molecule has 110 valence electrons. The van der Waals surface area contributed by atoms with Crippen LogP contribution in [0.25, 0.3) is 0 Å². The number of nitrogens with one attached hydrogen (secondary N) is 1. The number of hydrogen-bond acceptors (Lipinski definition) is 3. The Balaban J connectivity index is 1.76. The summed E-state index contributed by atoms with van der Waals surface area (Å²) in [5, 5.41) is 3.00. The quantitative estimate of drug-likeness (QED) is 0.812. The third-order valence-electron chi connectivity index (χ3n) is 4.94. The summed E-state index contributed by atoms with van der Waals surface area (Å²) in [4.78, 5) is 12.8. The van der Waals surface area contributed by atoms with Gasteiger partial charge in [0.1, 0.15) is 23.5 Å². The minimum atomic E-state index is -0.710. The number of carbonyl (C=O) groups excluding carboxylic acids is 1. The van der Waals surface area contributed by atoms with E-state index in [-0.39, 0.29) is 5.91 Å². The van der Waals surface area contributed by atoms with Crippen molar-refractivity contribution < 1.29 is 14.3 Å². The zero-order valence-electron chi connectivity index (χ0n) is 12.0. The van der Waals surface area contributed by atoms with Crippen molar-refractivity contribution in [2.24, 2.45) is 0 Å². The lowest BCUT2D eigenvalue weighted by Gasteiger charge is -2.22. The van der Waals surface area contributed by atoms with Crippen LogP contribution in [0.1, 0.15) is 23.1 Å². The molecule has 4 nitrogen and oxygen atoms in total. The van der Waals surface area contributed by atoms with Crippen molar-refractivity contribution in [3.63, 3.8) is 0 Å². The fourth-order valence-corrected chi connectivity index (χ4v) is 3.82. The van der Waals surface area contributed by atoms with Crippen LogP contribution in [-0.4, -0.2) is 19.1 Å². The lowest BCUT2D eigenvalue weighted by atomic mass is 9.76. The molecule has 1 amide bonds. The van der Waals surface area contributed by atoms with Gasteiger partial charge in [-0.25, -0.2) is 0 Å². The van der Waals surface area contributed by atoms with E-state index < -0.39 is 5.41 Å². The van der Waals surface area contributed by atoms with Gasteiger partial charge in [0, 0.05) is 17.3 Å². The number of anilines is 1. The Bertz CT molecular complexity index is 814. The molecule has 3 aliphatic rings. The van der Waals surface area contributed by atoms with Crippen LogP contribution in [0.5, 0.6) is 11.5 Å². The van der Waals surface area contributed by atoms with Crippen LogP contribution < -0.4 is 14.8 Å². The topological polar surface area (TPSA) is 47.6 Å². The summed E-state index contributed by atoms with van der Waals surface area (Å²) in [7, 11) is 0. The Morgan fingerprint density at radius 2 is 1.95 bits per heavy atom. The smallest absolute Gasteiger partial charge is 0.243 e. The summed E-state index contributed by atoms with van der Waals surface area (Å²) < 4.78 is 11.6. The van der Waals surface area contributed by atoms with Crippen LogP contribution in [0.3, 0.4) is 0 Å². The molecule has 0 aromatic heterocycles. The van der Waals surface area contributed by atoms with Crippen molar-refractivity contribution in [2.75, 3.05) is 18.5 Å². The van der Waals surface area contributed by atoms with Gasteiger partial charge in [-0.3, -0.25) is 4.79 Å². The van der Waals surface area contributed by atoms with E-state index in [0.717, 1.165) is 47.8 Å². The molecule has 0 aliphatic carbocycles. The van der Waals surface area contributed by atoms with Crippen molar-refractivity contribution in [1.29, 1.82) is 0 Å². The van der Waals surface area contributed by atoms with E-state index >= 15 is 0 Å². The predicted molar refractivity (Wildman–Crippen MR) is 81.6 cm³/mol. The van der Waals surface area contributed by atoms with Crippen LogP contribution in [0.2, 0.25) is 0 Å². The minimum absolute atomic E-state index is 0.00382. The maximum atomic E-state index is 12.8. The number of fused-ring (bicyclic) bond motifs is 5. The highest BCUT2D eigenvalue weighted by atomic mass is 16.5. The number of amides is 1.